The van der Waals surface area contributed by atoms with Crippen LogP contribution in [0.15, 0.2) is 0 Å². The third-order valence-electron chi connectivity index (χ3n) is 4.35. The summed E-state index contributed by atoms with van der Waals surface area (Å²) in [5.41, 5.74) is 0. The van der Waals surface area contributed by atoms with Gasteiger partial charge in [-0.3, -0.25) is 0 Å². The van der Waals surface area contributed by atoms with Gasteiger partial charge in [0, 0.05) is 32.8 Å². The van der Waals surface area contributed by atoms with Crippen LogP contribution in [0.1, 0.15) is 26.7 Å². The number of hydrogen-bond acceptors (Lipinski definition) is 3. The van der Waals surface area contributed by atoms with E-state index in [4.69, 9.17) is 0 Å². The molecular weight excluding hydrogens is 252 g/mol. The summed E-state index contributed by atoms with van der Waals surface area (Å²) in [4.78, 5) is 0. The van der Waals surface area contributed by atoms with E-state index in [0.717, 1.165) is 12.8 Å². The smallest absolute Gasteiger partial charge is 0.282 e. The average molecular weight is 276 g/mol. The summed E-state index contributed by atoms with van der Waals surface area (Å²) in [7, 11) is -3.32. The van der Waals surface area contributed by atoms with Crippen molar-refractivity contribution in [3.8, 4) is 0 Å². The maximum absolute atomic E-state index is 12.5. The molecule has 2 aliphatic heterocycles. The highest BCUT2D eigenvalue weighted by atomic mass is 32.2. The largest absolute Gasteiger partial charge is 0.396 e. The van der Waals surface area contributed by atoms with Gasteiger partial charge in [0.05, 0.1) is 0 Å². The molecule has 5 nitrogen and oxygen atoms in total. The van der Waals surface area contributed by atoms with Crippen molar-refractivity contribution in [2.45, 2.75) is 26.7 Å². The van der Waals surface area contributed by atoms with Crippen LogP contribution < -0.4 is 0 Å². The van der Waals surface area contributed by atoms with Crippen LogP contribution in [0.3, 0.4) is 0 Å². The van der Waals surface area contributed by atoms with Gasteiger partial charge in [0.25, 0.3) is 10.2 Å². The van der Waals surface area contributed by atoms with Gasteiger partial charge in [0.1, 0.15) is 0 Å². The lowest BCUT2D eigenvalue weighted by Gasteiger charge is -2.33. The normalized spacial score (nSPS) is 36.1. The molecule has 0 amide bonds. The Kier molecular flexibility index (Phi) is 4.31. The van der Waals surface area contributed by atoms with Crippen LogP contribution in [0.5, 0.6) is 0 Å². The van der Waals surface area contributed by atoms with E-state index in [1.165, 1.54) is 0 Å². The van der Waals surface area contributed by atoms with Crippen LogP contribution in [-0.2, 0) is 10.2 Å². The van der Waals surface area contributed by atoms with Crippen LogP contribution in [0.4, 0.5) is 0 Å². The molecular formula is C12H24N2O3S. The number of hydrogen-bond donors (Lipinski definition) is 1. The molecule has 2 fully saturated rings. The molecule has 2 saturated heterocycles. The maximum atomic E-state index is 12.5. The van der Waals surface area contributed by atoms with Crippen LogP contribution in [-0.4, -0.2) is 54.9 Å². The van der Waals surface area contributed by atoms with Crippen molar-refractivity contribution in [1.82, 2.24) is 8.61 Å². The number of rotatable bonds is 3. The average Bonchev–Trinajstić information content (AvgIpc) is 2.70. The molecule has 3 unspecified atom stereocenters. The zero-order chi connectivity index (χ0) is 13.3. The van der Waals surface area contributed by atoms with Crippen molar-refractivity contribution >= 4 is 10.2 Å². The van der Waals surface area contributed by atoms with Crippen LogP contribution in [0.25, 0.3) is 0 Å². The van der Waals surface area contributed by atoms with Crippen LogP contribution in [0, 0.1) is 17.8 Å². The Morgan fingerprint density at radius 3 is 2.28 bits per heavy atom. The number of nitrogens with zero attached hydrogens (tertiary/aromatic N) is 2. The fourth-order valence-electron chi connectivity index (χ4n) is 2.81. The Morgan fingerprint density at radius 1 is 1.11 bits per heavy atom. The molecule has 0 aromatic rings. The predicted molar refractivity (Wildman–Crippen MR) is 70.2 cm³/mol. The van der Waals surface area contributed by atoms with Crippen molar-refractivity contribution in [3.05, 3.63) is 0 Å². The highest BCUT2D eigenvalue weighted by Gasteiger charge is 2.39. The van der Waals surface area contributed by atoms with E-state index in [9.17, 15) is 13.5 Å². The molecule has 0 saturated carbocycles. The molecule has 0 aromatic carbocycles. The molecule has 106 valence electrons. The first-order chi connectivity index (χ1) is 8.45. The summed E-state index contributed by atoms with van der Waals surface area (Å²) in [5, 5.41) is 9.19. The Bertz CT molecular complexity index is 375. The number of aliphatic hydroxyl groups excluding tert-OH is 1. The molecule has 6 heteroatoms. The summed E-state index contributed by atoms with van der Waals surface area (Å²) < 4.78 is 28.2. The third-order valence-corrected chi connectivity index (χ3v) is 6.28. The van der Waals surface area contributed by atoms with Crippen LogP contribution in [0.2, 0.25) is 0 Å². The van der Waals surface area contributed by atoms with Gasteiger partial charge in [-0.25, -0.2) is 0 Å². The Balaban J connectivity index is 2.06. The molecule has 2 aliphatic rings. The number of aliphatic hydroxyl groups is 1. The molecule has 0 aromatic heterocycles. The van der Waals surface area contributed by atoms with E-state index in [-0.39, 0.29) is 12.5 Å². The molecule has 2 heterocycles. The lowest BCUT2D eigenvalue weighted by Crippen LogP contribution is -2.47. The molecule has 0 spiro atoms. The SMILES string of the molecule is CC1CN(S(=O)(=O)N2CCCC(CO)C2)CC1C. The van der Waals surface area contributed by atoms with Gasteiger partial charge < -0.3 is 5.11 Å². The second-order valence-corrected chi connectivity index (χ2v) is 7.76. The first kappa shape index (κ1) is 14.2. The van der Waals surface area contributed by atoms with E-state index in [1.54, 1.807) is 8.61 Å². The van der Waals surface area contributed by atoms with Gasteiger partial charge in [-0.2, -0.15) is 17.0 Å². The van der Waals surface area contributed by atoms with Crippen molar-refractivity contribution in [3.63, 3.8) is 0 Å². The Labute approximate surface area is 110 Å². The van der Waals surface area contributed by atoms with Crippen molar-refractivity contribution in [2.24, 2.45) is 17.8 Å². The fourth-order valence-corrected chi connectivity index (χ4v) is 4.75. The maximum Gasteiger partial charge on any atom is 0.282 e. The molecule has 0 aliphatic carbocycles. The van der Waals surface area contributed by atoms with Gasteiger partial charge in [-0.05, 0) is 30.6 Å². The van der Waals surface area contributed by atoms with Crippen molar-refractivity contribution in [1.29, 1.82) is 0 Å². The molecule has 2 rings (SSSR count). The van der Waals surface area contributed by atoms with Crippen LogP contribution >= 0.6 is 0 Å². The van der Waals surface area contributed by atoms with Gasteiger partial charge in [0.2, 0.25) is 0 Å². The summed E-state index contributed by atoms with van der Waals surface area (Å²) >= 11 is 0. The monoisotopic (exact) mass is 276 g/mol. The van der Waals surface area contributed by atoms with Gasteiger partial charge >= 0.3 is 0 Å². The summed E-state index contributed by atoms with van der Waals surface area (Å²) in [5.74, 6) is 0.961. The summed E-state index contributed by atoms with van der Waals surface area (Å²) in [6.07, 6.45) is 1.78. The first-order valence-corrected chi connectivity index (χ1v) is 8.21. The van der Waals surface area contributed by atoms with E-state index < -0.39 is 10.2 Å². The summed E-state index contributed by atoms with van der Waals surface area (Å²) in [6.45, 7) is 6.61. The quantitative estimate of drug-likeness (QED) is 0.817. The highest BCUT2D eigenvalue weighted by Crippen LogP contribution is 2.28. The Morgan fingerprint density at radius 2 is 1.72 bits per heavy atom. The minimum Gasteiger partial charge on any atom is -0.396 e. The standard InChI is InChI=1S/C12H24N2O3S/c1-10-6-14(7-11(10)2)18(16,17)13-5-3-4-12(8-13)9-15/h10-12,15H,3-9H2,1-2H3. The lowest BCUT2D eigenvalue weighted by molar-refractivity contribution is 0.161. The zero-order valence-corrected chi connectivity index (χ0v) is 12.1. The van der Waals surface area contributed by atoms with E-state index in [0.29, 0.717) is 38.0 Å². The fraction of sp³-hybridized carbons (Fsp3) is 1.00. The van der Waals surface area contributed by atoms with E-state index >= 15 is 0 Å². The molecule has 0 bridgehead atoms. The second kappa shape index (κ2) is 5.45. The van der Waals surface area contributed by atoms with Crippen molar-refractivity contribution < 1.29 is 13.5 Å². The second-order valence-electron chi connectivity index (χ2n) is 5.83. The van der Waals surface area contributed by atoms with Gasteiger partial charge in [-0.1, -0.05) is 13.8 Å². The molecule has 3 atom stereocenters. The zero-order valence-electron chi connectivity index (χ0n) is 11.2. The van der Waals surface area contributed by atoms with Gasteiger partial charge in [0.15, 0.2) is 0 Å². The van der Waals surface area contributed by atoms with E-state index in [2.05, 4.69) is 13.8 Å². The summed E-state index contributed by atoms with van der Waals surface area (Å²) in [6, 6.07) is 0. The minimum absolute atomic E-state index is 0.0822. The topological polar surface area (TPSA) is 60.9 Å². The lowest BCUT2D eigenvalue weighted by atomic mass is 10.0. The molecule has 18 heavy (non-hydrogen) atoms. The first-order valence-electron chi connectivity index (χ1n) is 6.81. The predicted octanol–water partition coefficient (Wildman–Crippen LogP) is 0.523. The Hall–Kier alpha value is -0.170. The van der Waals surface area contributed by atoms with Gasteiger partial charge in [-0.15, -0.1) is 0 Å². The molecule has 1 N–H and O–H groups in total. The van der Waals surface area contributed by atoms with E-state index in [1.807, 2.05) is 0 Å². The highest BCUT2D eigenvalue weighted by molar-refractivity contribution is 7.86. The third kappa shape index (κ3) is 2.71. The number of piperidine rings is 1. The molecule has 0 radical (unpaired) electrons. The van der Waals surface area contributed by atoms with Crippen molar-refractivity contribution in [2.75, 3.05) is 32.8 Å². The minimum atomic E-state index is -3.32.